The van der Waals surface area contributed by atoms with Crippen LogP contribution in [0.3, 0.4) is 0 Å². The number of hydrogen-bond acceptors (Lipinski definition) is 2. The summed E-state index contributed by atoms with van der Waals surface area (Å²) in [4.78, 5) is 0. The fourth-order valence-electron chi connectivity index (χ4n) is 3.39. The van der Waals surface area contributed by atoms with Gasteiger partial charge in [-0.1, -0.05) is 12.8 Å². The van der Waals surface area contributed by atoms with Crippen molar-refractivity contribution in [3.63, 3.8) is 0 Å². The van der Waals surface area contributed by atoms with Crippen LogP contribution in [0.5, 0.6) is 0 Å². The first kappa shape index (κ1) is 13.7. The summed E-state index contributed by atoms with van der Waals surface area (Å²) in [5, 5.41) is 3.11. The van der Waals surface area contributed by atoms with E-state index in [1.54, 1.807) is 0 Å². The van der Waals surface area contributed by atoms with Gasteiger partial charge in [0.05, 0.1) is 5.60 Å². The molecule has 1 aromatic carbocycles. The van der Waals surface area contributed by atoms with E-state index in [2.05, 4.69) is 5.32 Å². The van der Waals surface area contributed by atoms with Crippen molar-refractivity contribution >= 4 is 5.69 Å². The average Bonchev–Trinajstić information content (AvgIpc) is 2.84. The standard InChI is InChI=1S/C15H18F3NO/c16-12-7-11(8-13(17)14(12)18)19-10-3-6-20-15(9-10)4-1-2-5-15/h7-8,10,19H,1-6,9H2. The molecule has 0 radical (unpaired) electrons. The molecule has 1 heterocycles. The lowest BCUT2D eigenvalue weighted by Gasteiger charge is -2.39. The van der Waals surface area contributed by atoms with E-state index >= 15 is 0 Å². The zero-order valence-electron chi connectivity index (χ0n) is 11.2. The molecule has 3 rings (SSSR count). The Bertz CT molecular complexity index is 477. The summed E-state index contributed by atoms with van der Waals surface area (Å²) < 4.78 is 45.3. The molecule has 2 nitrogen and oxygen atoms in total. The van der Waals surface area contributed by atoms with E-state index in [9.17, 15) is 13.2 Å². The smallest absolute Gasteiger partial charge is 0.194 e. The van der Waals surface area contributed by atoms with Gasteiger partial charge in [-0.15, -0.1) is 0 Å². The van der Waals surface area contributed by atoms with Gasteiger partial charge in [-0.05, 0) is 25.7 Å². The maximum atomic E-state index is 13.2. The van der Waals surface area contributed by atoms with Crippen LogP contribution in [0, 0.1) is 17.5 Å². The molecule has 1 spiro atoms. The largest absolute Gasteiger partial charge is 0.382 e. The van der Waals surface area contributed by atoms with E-state index in [0.717, 1.165) is 37.8 Å². The third-order valence-electron chi connectivity index (χ3n) is 4.36. The first-order valence-corrected chi connectivity index (χ1v) is 7.13. The van der Waals surface area contributed by atoms with Gasteiger partial charge in [-0.2, -0.15) is 0 Å². The van der Waals surface area contributed by atoms with Gasteiger partial charge >= 0.3 is 0 Å². The van der Waals surface area contributed by atoms with Crippen LogP contribution in [0.4, 0.5) is 18.9 Å². The highest BCUT2D eigenvalue weighted by Crippen LogP contribution is 2.40. The molecule has 1 N–H and O–H groups in total. The second-order valence-electron chi connectivity index (χ2n) is 5.83. The number of nitrogens with one attached hydrogen (secondary N) is 1. The van der Waals surface area contributed by atoms with Gasteiger partial charge in [0.15, 0.2) is 17.5 Å². The highest BCUT2D eigenvalue weighted by Gasteiger charge is 2.39. The van der Waals surface area contributed by atoms with Crippen LogP contribution in [0.2, 0.25) is 0 Å². The second-order valence-corrected chi connectivity index (χ2v) is 5.83. The van der Waals surface area contributed by atoms with Crippen LogP contribution in [-0.4, -0.2) is 18.2 Å². The molecule has 5 heteroatoms. The molecule has 0 bridgehead atoms. The fourth-order valence-corrected chi connectivity index (χ4v) is 3.39. The normalized spacial score (nSPS) is 25.1. The monoisotopic (exact) mass is 285 g/mol. The minimum absolute atomic E-state index is 0.0625. The summed E-state index contributed by atoms with van der Waals surface area (Å²) >= 11 is 0. The molecule has 110 valence electrons. The molecule has 0 aromatic heterocycles. The van der Waals surface area contributed by atoms with E-state index in [-0.39, 0.29) is 11.6 Å². The van der Waals surface area contributed by atoms with Gasteiger partial charge in [0.1, 0.15) is 0 Å². The lowest BCUT2D eigenvalue weighted by atomic mass is 9.89. The van der Waals surface area contributed by atoms with Gasteiger partial charge in [0.2, 0.25) is 0 Å². The van der Waals surface area contributed by atoms with Crippen molar-refractivity contribution in [2.45, 2.75) is 50.2 Å². The molecule has 1 saturated heterocycles. The summed E-state index contributed by atoms with van der Waals surface area (Å²) in [6, 6.07) is 2.14. The van der Waals surface area contributed by atoms with Crippen molar-refractivity contribution in [3.8, 4) is 0 Å². The molecule has 1 saturated carbocycles. The molecule has 1 aliphatic carbocycles. The molecule has 1 unspecified atom stereocenters. The van der Waals surface area contributed by atoms with Crippen molar-refractivity contribution in [3.05, 3.63) is 29.6 Å². The third-order valence-corrected chi connectivity index (χ3v) is 4.36. The minimum atomic E-state index is -1.42. The van der Waals surface area contributed by atoms with Crippen LogP contribution in [-0.2, 0) is 4.74 Å². The van der Waals surface area contributed by atoms with E-state index in [1.807, 2.05) is 0 Å². The molecule has 1 aliphatic heterocycles. The SMILES string of the molecule is Fc1cc(NC2CCOC3(CCCC3)C2)cc(F)c1F. The van der Waals surface area contributed by atoms with Gasteiger partial charge in [-0.25, -0.2) is 13.2 Å². The van der Waals surface area contributed by atoms with Crippen molar-refractivity contribution in [1.29, 1.82) is 0 Å². The number of rotatable bonds is 2. The molecule has 1 aromatic rings. The summed E-state index contributed by atoms with van der Waals surface area (Å²) in [5.41, 5.74) is 0.231. The van der Waals surface area contributed by atoms with Gasteiger partial charge < -0.3 is 10.1 Å². The highest BCUT2D eigenvalue weighted by atomic mass is 19.2. The molecule has 2 aliphatic rings. The second kappa shape index (κ2) is 5.28. The number of hydrogen-bond donors (Lipinski definition) is 1. The van der Waals surface area contributed by atoms with E-state index < -0.39 is 17.5 Å². The number of anilines is 1. The zero-order valence-corrected chi connectivity index (χ0v) is 11.2. The van der Waals surface area contributed by atoms with Crippen molar-refractivity contribution < 1.29 is 17.9 Å². The van der Waals surface area contributed by atoms with E-state index in [0.29, 0.717) is 12.3 Å². The maximum absolute atomic E-state index is 13.2. The van der Waals surface area contributed by atoms with Crippen molar-refractivity contribution in [1.82, 2.24) is 0 Å². The first-order valence-electron chi connectivity index (χ1n) is 7.13. The highest BCUT2D eigenvalue weighted by molar-refractivity contribution is 5.45. The first-order chi connectivity index (χ1) is 9.58. The lowest BCUT2D eigenvalue weighted by Crippen LogP contribution is -2.42. The van der Waals surface area contributed by atoms with Crippen LogP contribution in [0.1, 0.15) is 38.5 Å². The Morgan fingerprint density at radius 1 is 1.10 bits per heavy atom. The van der Waals surface area contributed by atoms with Crippen LogP contribution in [0.25, 0.3) is 0 Å². The molecular formula is C15H18F3NO. The van der Waals surface area contributed by atoms with E-state index in [4.69, 9.17) is 4.74 Å². The van der Waals surface area contributed by atoms with Crippen LogP contribution >= 0.6 is 0 Å². The van der Waals surface area contributed by atoms with Gasteiger partial charge in [0.25, 0.3) is 0 Å². The Hall–Kier alpha value is -1.23. The van der Waals surface area contributed by atoms with Gasteiger partial charge in [0, 0.05) is 30.5 Å². The third kappa shape index (κ3) is 2.64. The Morgan fingerprint density at radius 3 is 2.40 bits per heavy atom. The fraction of sp³-hybridized carbons (Fsp3) is 0.600. The topological polar surface area (TPSA) is 21.3 Å². The lowest BCUT2D eigenvalue weighted by molar-refractivity contribution is -0.0767. The summed E-state index contributed by atoms with van der Waals surface area (Å²) in [6.07, 6.45) is 6.09. The predicted octanol–water partition coefficient (Wildman–Crippen LogP) is 4.01. The number of benzene rings is 1. The van der Waals surface area contributed by atoms with Crippen LogP contribution < -0.4 is 5.32 Å². The molecule has 2 fully saturated rings. The van der Waals surface area contributed by atoms with Crippen molar-refractivity contribution in [2.24, 2.45) is 0 Å². The van der Waals surface area contributed by atoms with E-state index in [1.165, 1.54) is 12.8 Å². The Balaban J connectivity index is 1.71. The Kier molecular flexibility index (Phi) is 3.63. The molecular weight excluding hydrogens is 267 g/mol. The minimum Gasteiger partial charge on any atom is -0.382 e. The molecule has 1 atom stereocenters. The molecule has 20 heavy (non-hydrogen) atoms. The summed E-state index contributed by atoms with van der Waals surface area (Å²) in [6.45, 7) is 0.657. The Labute approximate surface area is 116 Å². The van der Waals surface area contributed by atoms with Crippen LogP contribution in [0.15, 0.2) is 12.1 Å². The maximum Gasteiger partial charge on any atom is 0.194 e. The molecule has 0 amide bonds. The zero-order chi connectivity index (χ0) is 14.2. The van der Waals surface area contributed by atoms with Crippen molar-refractivity contribution in [2.75, 3.05) is 11.9 Å². The number of halogens is 3. The summed E-state index contributed by atoms with van der Waals surface area (Å²) in [5.74, 6) is -3.74. The summed E-state index contributed by atoms with van der Waals surface area (Å²) in [7, 11) is 0. The van der Waals surface area contributed by atoms with Gasteiger partial charge in [-0.3, -0.25) is 0 Å². The number of ether oxygens (including phenoxy) is 1. The quantitative estimate of drug-likeness (QED) is 0.829. The Morgan fingerprint density at radius 2 is 1.75 bits per heavy atom. The average molecular weight is 285 g/mol. The predicted molar refractivity (Wildman–Crippen MR) is 70.1 cm³/mol.